The minimum Gasteiger partial charge on any atom is -0.494 e. The number of sulfonamides is 1. The molecule has 1 amide bonds. The van der Waals surface area contributed by atoms with Crippen molar-refractivity contribution in [1.29, 1.82) is 5.26 Å². The Morgan fingerprint density at radius 1 is 1.14 bits per heavy atom. The number of hydrogen-bond acceptors (Lipinski definition) is 9. The van der Waals surface area contributed by atoms with Gasteiger partial charge in [0.05, 0.1) is 31.0 Å². The standard InChI is InChI=1S/C24H26N4O5S2/c1-17-22(23(29)27-35(3,30)31)26-24(34-17)28(20-9-5-18(15-25)6-10-20)16-19-7-11-21(12-8-19)33-14-4-13-32-2/h5-12H,4,13-14,16H2,1-3H3,(H,27,29). The van der Waals surface area contributed by atoms with Crippen LogP contribution in [0, 0.1) is 18.3 Å². The minimum atomic E-state index is -3.72. The quantitative estimate of drug-likeness (QED) is 0.384. The summed E-state index contributed by atoms with van der Waals surface area (Å²) < 4.78 is 35.7. The summed E-state index contributed by atoms with van der Waals surface area (Å²) in [6, 6.07) is 16.8. The second-order valence-corrected chi connectivity index (χ2v) is 10.6. The lowest BCUT2D eigenvalue weighted by Gasteiger charge is -2.22. The van der Waals surface area contributed by atoms with Gasteiger partial charge in [0.25, 0.3) is 5.91 Å². The van der Waals surface area contributed by atoms with Crippen molar-refractivity contribution < 1.29 is 22.7 Å². The summed E-state index contributed by atoms with van der Waals surface area (Å²) in [5, 5.41) is 9.66. The van der Waals surface area contributed by atoms with Crippen molar-refractivity contribution in [2.24, 2.45) is 0 Å². The SMILES string of the molecule is COCCCOc1ccc(CN(c2ccc(C#N)cc2)c2nc(C(=O)NS(C)(=O)=O)c(C)s2)cc1. The highest BCUT2D eigenvalue weighted by Gasteiger charge is 2.22. The van der Waals surface area contributed by atoms with E-state index in [1.807, 2.05) is 33.9 Å². The van der Waals surface area contributed by atoms with Gasteiger partial charge in [0.15, 0.2) is 5.13 Å². The lowest BCUT2D eigenvalue weighted by atomic mass is 10.1. The number of carbonyl (C=O) groups excluding carboxylic acids is 1. The maximum atomic E-state index is 12.4. The molecule has 3 rings (SSSR count). The Labute approximate surface area is 209 Å². The van der Waals surface area contributed by atoms with Gasteiger partial charge in [-0.15, -0.1) is 11.3 Å². The molecule has 0 aliphatic heterocycles. The third-order valence-electron chi connectivity index (χ3n) is 4.84. The van der Waals surface area contributed by atoms with Crippen LogP contribution in [-0.4, -0.2) is 45.9 Å². The van der Waals surface area contributed by atoms with E-state index in [-0.39, 0.29) is 5.69 Å². The third-order valence-corrected chi connectivity index (χ3v) is 6.39. The van der Waals surface area contributed by atoms with Gasteiger partial charge in [-0.05, 0) is 48.9 Å². The molecule has 0 radical (unpaired) electrons. The van der Waals surface area contributed by atoms with Crippen LogP contribution in [0.25, 0.3) is 0 Å². The van der Waals surface area contributed by atoms with Crippen molar-refractivity contribution in [1.82, 2.24) is 9.71 Å². The van der Waals surface area contributed by atoms with Crippen molar-refractivity contribution >= 4 is 38.1 Å². The molecule has 11 heteroatoms. The first-order chi connectivity index (χ1) is 16.7. The predicted octanol–water partition coefficient (Wildman–Crippen LogP) is 3.77. The molecular formula is C24H26N4O5S2. The molecule has 1 heterocycles. The number of aromatic nitrogens is 1. The third kappa shape index (κ3) is 7.51. The van der Waals surface area contributed by atoms with E-state index >= 15 is 0 Å². The summed E-state index contributed by atoms with van der Waals surface area (Å²) in [4.78, 5) is 19.4. The number of nitriles is 1. The van der Waals surface area contributed by atoms with Gasteiger partial charge in [0.1, 0.15) is 11.4 Å². The first-order valence-corrected chi connectivity index (χ1v) is 13.4. The fourth-order valence-corrected chi connectivity index (χ4v) is 4.54. The molecule has 0 saturated carbocycles. The first-order valence-electron chi connectivity index (χ1n) is 10.7. The number of hydrogen-bond donors (Lipinski definition) is 1. The summed E-state index contributed by atoms with van der Waals surface area (Å²) in [5.41, 5.74) is 2.31. The van der Waals surface area contributed by atoms with Gasteiger partial charge in [0, 0.05) is 30.7 Å². The Morgan fingerprint density at radius 3 is 2.43 bits per heavy atom. The van der Waals surface area contributed by atoms with Crippen LogP contribution < -0.4 is 14.4 Å². The van der Waals surface area contributed by atoms with Crippen LogP contribution in [0.15, 0.2) is 48.5 Å². The van der Waals surface area contributed by atoms with Crippen LogP contribution >= 0.6 is 11.3 Å². The molecule has 0 fully saturated rings. The summed E-state index contributed by atoms with van der Waals surface area (Å²) in [6.45, 7) is 3.33. The van der Waals surface area contributed by atoms with Gasteiger partial charge >= 0.3 is 0 Å². The van der Waals surface area contributed by atoms with E-state index in [2.05, 4.69) is 11.1 Å². The molecule has 0 saturated heterocycles. The number of benzene rings is 2. The zero-order valence-corrected chi connectivity index (χ0v) is 21.3. The van der Waals surface area contributed by atoms with E-state index in [1.165, 1.54) is 11.3 Å². The topological polar surface area (TPSA) is 122 Å². The zero-order valence-electron chi connectivity index (χ0n) is 19.6. The van der Waals surface area contributed by atoms with Crippen molar-refractivity contribution in [3.05, 3.63) is 70.2 Å². The average molecular weight is 515 g/mol. The molecule has 184 valence electrons. The second kappa shape index (κ2) is 11.8. The maximum absolute atomic E-state index is 12.4. The van der Waals surface area contributed by atoms with E-state index in [0.29, 0.717) is 35.3 Å². The predicted molar refractivity (Wildman–Crippen MR) is 135 cm³/mol. The van der Waals surface area contributed by atoms with Gasteiger partial charge < -0.3 is 14.4 Å². The molecule has 0 bridgehead atoms. The van der Waals surface area contributed by atoms with E-state index in [4.69, 9.17) is 14.7 Å². The molecule has 0 aliphatic rings. The van der Waals surface area contributed by atoms with E-state index < -0.39 is 15.9 Å². The molecule has 9 nitrogen and oxygen atoms in total. The summed E-state index contributed by atoms with van der Waals surface area (Å²) in [6.07, 6.45) is 1.71. The van der Waals surface area contributed by atoms with Gasteiger partial charge in [-0.3, -0.25) is 4.79 Å². The zero-order chi connectivity index (χ0) is 25.4. The molecule has 35 heavy (non-hydrogen) atoms. The normalized spacial score (nSPS) is 11.0. The van der Waals surface area contributed by atoms with Gasteiger partial charge in [-0.1, -0.05) is 12.1 Å². The largest absolute Gasteiger partial charge is 0.494 e. The number of ether oxygens (including phenoxy) is 2. The highest BCUT2D eigenvalue weighted by atomic mass is 32.2. The Balaban J connectivity index is 1.87. The fourth-order valence-electron chi connectivity index (χ4n) is 3.18. The van der Waals surface area contributed by atoms with E-state index in [0.717, 1.165) is 29.7 Å². The number of rotatable bonds is 11. The molecule has 0 spiro atoms. The van der Waals surface area contributed by atoms with Crippen LogP contribution in [0.1, 0.15) is 32.9 Å². The number of nitrogens with zero attached hydrogens (tertiary/aromatic N) is 3. The lowest BCUT2D eigenvalue weighted by Crippen LogP contribution is -2.30. The molecule has 2 aromatic carbocycles. The molecule has 3 aromatic rings. The molecule has 0 aliphatic carbocycles. The van der Waals surface area contributed by atoms with Crippen LogP contribution in [0.3, 0.4) is 0 Å². The van der Waals surface area contributed by atoms with Crippen LogP contribution in [0.2, 0.25) is 0 Å². The average Bonchev–Trinajstić information content (AvgIpc) is 3.21. The van der Waals surface area contributed by atoms with Crippen molar-refractivity contribution in [2.45, 2.75) is 19.9 Å². The van der Waals surface area contributed by atoms with Crippen molar-refractivity contribution in [3.63, 3.8) is 0 Å². The summed E-state index contributed by atoms with van der Waals surface area (Å²) in [5.74, 6) is -0.0261. The smallest absolute Gasteiger partial charge is 0.284 e. The molecule has 1 aromatic heterocycles. The second-order valence-electron chi connectivity index (χ2n) is 7.69. The lowest BCUT2D eigenvalue weighted by molar-refractivity contribution is 0.0977. The highest BCUT2D eigenvalue weighted by molar-refractivity contribution is 7.89. The Hall–Kier alpha value is -3.46. The van der Waals surface area contributed by atoms with E-state index in [1.54, 1.807) is 38.3 Å². The molecule has 1 N–H and O–H groups in total. The Bertz CT molecular complexity index is 1300. The monoisotopic (exact) mass is 514 g/mol. The number of amides is 1. The fraction of sp³-hybridized carbons (Fsp3) is 0.292. The maximum Gasteiger partial charge on any atom is 0.284 e. The summed E-state index contributed by atoms with van der Waals surface area (Å²) in [7, 11) is -2.07. The minimum absolute atomic E-state index is 0.0499. The Morgan fingerprint density at radius 2 is 1.83 bits per heavy atom. The van der Waals surface area contributed by atoms with Crippen LogP contribution in [0.5, 0.6) is 5.75 Å². The number of anilines is 2. The number of nitrogens with one attached hydrogen (secondary N) is 1. The van der Waals surface area contributed by atoms with Gasteiger partial charge in [-0.25, -0.2) is 18.1 Å². The summed E-state index contributed by atoms with van der Waals surface area (Å²) >= 11 is 1.28. The number of aryl methyl sites for hydroxylation is 1. The molecular weight excluding hydrogens is 488 g/mol. The van der Waals surface area contributed by atoms with Crippen LogP contribution in [-0.2, 0) is 21.3 Å². The number of methoxy groups -OCH3 is 1. The molecule has 0 unspecified atom stereocenters. The number of thiazole rings is 1. The Kier molecular flexibility index (Phi) is 8.81. The van der Waals surface area contributed by atoms with Crippen molar-refractivity contribution in [2.75, 3.05) is 31.5 Å². The highest BCUT2D eigenvalue weighted by Crippen LogP contribution is 2.33. The van der Waals surface area contributed by atoms with Crippen molar-refractivity contribution in [3.8, 4) is 11.8 Å². The van der Waals surface area contributed by atoms with E-state index in [9.17, 15) is 13.2 Å². The first kappa shape index (κ1) is 26.2. The molecule has 0 atom stereocenters. The van der Waals surface area contributed by atoms with Gasteiger partial charge in [0.2, 0.25) is 10.0 Å². The van der Waals surface area contributed by atoms with Crippen LogP contribution in [0.4, 0.5) is 10.8 Å². The van der Waals surface area contributed by atoms with Gasteiger partial charge in [-0.2, -0.15) is 5.26 Å². The number of carbonyl (C=O) groups is 1.